The van der Waals surface area contributed by atoms with Gasteiger partial charge in [-0.3, -0.25) is 14.2 Å². The van der Waals surface area contributed by atoms with Crippen LogP contribution in [0.4, 0.5) is 10.1 Å². The first-order valence-corrected chi connectivity index (χ1v) is 8.78. The zero-order valence-corrected chi connectivity index (χ0v) is 15.4. The summed E-state index contributed by atoms with van der Waals surface area (Å²) in [6, 6.07) is 17.5. The zero-order valence-electron chi connectivity index (χ0n) is 15.4. The van der Waals surface area contributed by atoms with Gasteiger partial charge in [0.15, 0.2) is 0 Å². The lowest BCUT2D eigenvalue weighted by atomic mass is 10.1. The number of nitrogens with zero attached hydrogens (tertiary/aromatic N) is 2. The van der Waals surface area contributed by atoms with Gasteiger partial charge in [-0.05, 0) is 54.6 Å². The molecule has 4 rings (SSSR count). The van der Waals surface area contributed by atoms with E-state index < -0.39 is 11.4 Å². The van der Waals surface area contributed by atoms with E-state index in [9.17, 15) is 14.0 Å². The van der Waals surface area contributed by atoms with E-state index in [2.05, 4.69) is 10.3 Å². The minimum absolute atomic E-state index is 0.119. The second-order valence-corrected chi connectivity index (χ2v) is 6.29. The van der Waals surface area contributed by atoms with Crippen LogP contribution in [0.2, 0.25) is 0 Å². The van der Waals surface area contributed by atoms with Crippen LogP contribution in [0.5, 0.6) is 5.75 Å². The fourth-order valence-corrected chi connectivity index (χ4v) is 2.96. The molecule has 0 saturated carbocycles. The van der Waals surface area contributed by atoms with Gasteiger partial charge in [-0.1, -0.05) is 12.1 Å². The van der Waals surface area contributed by atoms with Crippen molar-refractivity contribution in [2.24, 2.45) is 0 Å². The largest absolute Gasteiger partial charge is 0.497 e. The Morgan fingerprint density at radius 1 is 1.07 bits per heavy atom. The van der Waals surface area contributed by atoms with Crippen molar-refractivity contribution in [3.8, 4) is 11.4 Å². The van der Waals surface area contributed by atoms with E-state index in [0.717, 1.165) is 4.57 Å². The molecule has 0 saturated heterocycles. The molecule has 0 atom stereocenters. The highest BCUT2D eigenvalue weighted by Gasteiger charge is 2.12. The van der Waals surface area contributed by atoms with Gasteiger partial charge in [0.05, 0.1) is 23.7 Å². The quantitative estimate of drug-likeness (QED) is 0.576. The Morgan fingerprint density at radius 3 is 2.55 bits per heavy atom. The highest BCUT2D eigenvalue weighted by molar-refractivity contribution is 6.06. The fraction of sp³-hybridized carbons (Fsp3) is 0.0455. The van der Waals surface area contributed by atoms with Crippen LogP contribution >= 0.6 is 0 Å². The van der Waals surface area contributed by atoms with E-state index in [0.29, 0.717) is 22.5 Å². The highest BCUT2D eigenvalue weighted by Crippen LogP contribution is 2.18. The third-order valence-corrected chi connectivity index (χ3v) is 4.48. The Hall–Kier alpha value is -4.00. The van der Waals surface area contributed by atoms with Gasteiger partial charge >= 0.3 is 0 Å². The van der Waals surface area contributed by atoms with Crippen LogP contribution in [0.25, 0.3) is 16.6 Å². The number of halogens is 1. The van der Waals surface area contributed by atoms with Gasteiger partial charge in [0.25, 0.3) is 11.5 Å². The van der Waals surface area contributed by atoms with Crippen LogP contribution in [-0.2, 0) is 0 Å². The van der Waals surface area contributed by atoms with Gasteiger partial charge in [-0.25, -0.2) is 9.37 Å². The maximum absolute atomic E-state index is 14.0. The van der Waals surface area contributed by atoms with Crippen LogP contribution < -0.4 is 15.6 Å². The van der Waals surface area contributed by atoms with Crippen molar-refractivity contribution in [3.05, 3.63) is 94.8 Å². The Morgan fingerprint density at radius 2 is 1.83 bits per heavy atom. The monoisotopic (exact) mass is 389 g/mol. The molecule has 0 fully saturated rings. The molecule has 0 spiro atoms. The van der Waals surface area contributed by atoms with Gasteiger partial charge in [-0.2, -0.15) is 0 Å². The van der Waals surface area contributed by atoms with E-state index in [1.807, 2.05) is 0 Å². The molecule has 0 aliphatic rings. The van der Waals surface area contributed by atoms with Gasteiger partial charge in [0, 0.05) is 11.3 Å². The van der Waals surface area contributed by atoms with Crippen molar-refractivity contribution in [1.82, 2.24) is 9.55 Å². The van der Waals surface area contributed by atoms with Gasteiger partial charge in [-0.15, -0.1) is 0 Å². The second kappa shape index (κ2) is 7.55. The molecule has 0 aliphatic heterocycles. The van der Waals surface area contributed by atoms with Gasteiger partial charge in [0.2, 0.25) is 0 Å². The molecule has 0 aliphatic carbocycles. The molecule has 1 aromatic heterocycles. The standard InChI is InChI=1S/C22H16FN3O3/c1-29-16-9-7-15(8-10-16)25-21(27)14-6-11-17-19(12-14)24-13-26(22(17)28)20-5-3-2-4-18(20)23/h2-13H,1H3,(H,25,27). The van der Waals surface area contributed by atoms with Crippen LogP contribution in [-0.4, -0.2) is 22.6 Å². The minimum atomic E-state index is -0.522. The lowest BCUT2D eigenvalue weighted by Crippen LogP contribution is -2.20. The number of carbonyl (C=O) groups is 1. The van der Waals surface area contributed by atoms with Crippen molar-refractivity contribution in [2.45, 2.75) is 0 Å². The van der Waals surface area contributed by atoms with E-state index in [1.165, 1.54) is 36.7 Å². The molecule has 6 nitrogen and oxygen atoms in total. The lowest BCUT2D eigenvalue weighted by Gasteiger charge is -2.09. The van der Waals surface area contributed by atoms with Gasteiger partial charge < -0.3 is 10.1 Å². The van der Waals surface area contributed by atoms with Crippen molar-refractivity contribution < 1.29 is 13.9 Å². The number of fused-ring (bicyclic) bond motifs is 1. The maximum Gasteiger partial charge on any atom is 0.265 e. The molecule has 4 aromatic rings. The fourth-order valence-electron chi connectivity index (χ4n) is 2.96. The smallest absolute Gasteiger partial charge is 0.265 e. The number of benzene rings is 3. The third-order valence-electron chi connectivity index (χ3n) is 4.48. The van der Waals surface area contributed by atoms with E-state index in [1.54, 1.807) is 43.5 Å². The summed E-state index contributed by atoms with van der Waals surface area (Å²) < 4.78 is 20.3. The summed E-state index contributed by atoms with van der Waals surface area (Å²) in [5.41, 5.74) is 1.02. The molecule has 1 amide bonds. The van der Waals surface area contributed by atoms with Crippen molar-refractivity contribution >= 4 is 22.5 Å². The Balaban J connectivity index is 1.66. The van der Waals surface area contributed by atoms with Crippen molar-refractivity contribution in [2.75, 3.05) is 12.4 Å². The summed E-state index contributed by atoms with van der Waals surface area (Å²) in [6.45, 7) is 0. The number of para-hydroxylation sites is 1. The molecule has 0 unspecified atom stereocenters. The second-order valence-electron chi connectivity index (χ2n) is 6.29. The number of hydrogen-bond donors (Lipinski definition) is 1. The molecule has 7 heteroatoms. The Labute approximate surface area is 165 Å². The van der Waals surface area contributed by atoms with Crippen molar-refractivity contribution in [3.63, 3.8) is 0 Å². The molecule has 1 N–H and O–H groups in total. The summed E-state index contributed by atoms with van der Waals surface area (Å²) in [6.07, 6.45) is 1.26. The number of amides is 1. The number of carbonyl (C=O) groups excluding carboxylic acids is 1. The van der Waals surface area contributed by atoms with E-state index in [-0.39, 0.29) is 17.0 Å². The number of nitrogens with one attached hydrogen (secondary N) is 1. The average Bonchev–Trinajstić information content (AvgIpc) is 2.75. The number of anilines is 1. The predicted molar refractivity (Wildman–Crippen MR) is 108 cm³/mol. The zero-order chi connectivity index (χ0) is 20.4. The number of ether oxygens (including phenoxy) is 1. The summed E-state index contributed by atoms with van der Waals surface area (Å²) in [7, 11) is 1.57. The van der Waals surface area contributed by atoms with E-state index >= 15 is 0 Å². The first-order chi connectivity index (χ1) is 14.1. The van der Waals surface area contributed by atoms with Crippen LogP contribution in [0, 0.1) is 5.82 Å². The van der Waals surface area contributed by atoms with E-state index in [4.69, 9.17) is 4.74 Å². The van der Waals surface area contributed by atoms with Crippen LogP contribution in [0.15, 0.2) is 77.9 Å². The normalized spacial score (nSPS) is 10.7. The first-order valence-electron chi connectivity index (χ1n) is 8.78. The number of rotatable bonds is 4. The molecular formula is C22H16FN3O3. The summed E-state index contributed by atoms with van der Waals surface area (Å²) in [5, 5.41) is 3.07. The van der Waals surface area contributed by atoms with Crippen molar-refractivity contribution in [1.29, 1.82) is 0 Å². The molecule has 29 heavy (non-hydrogen) atoms. The topological polar surface area (TPSA) is 73.2 Å². The Bertz CT molecular complexity index is 1270. The van der Waals surface area contributed by atoms with Gasteiger partial charge in [0.1, 0.15) is 17.9 Å². The molecule has 3 aromatic carbocycles. The minimum Gasteiger partial charge on any atom is -0.497 e. The average molecular weight is 389 g/mol. The first kappa shape index (κ1) is 18.4. The maximum atomic E-state index is 14.0. The SMILES string of the molecule is COc1ccc(NC(=O)c2ccc3c(=O)n(-c4ccccc4F)cnc3c2)cc1. The molecular weight excluding hydrogens is 373 g/mol. The highest BCUT2D eigenvalue weighted by atomic mass is 19.1. The molecule has 144 valence electrons. The molecule has 1 heterocycles. The number of methoxy groups -OCH3 is 1. The van der Waals surface area contributed by atoms with Crippen LogP contribution in [0.3, 0.4) is 0 Å². The van der Waals surface area contributed by atoms with Crippen LogP contribution in [0.1, 0.15) is 10.4 Å². The lowest BCUT2D eigenvalue weighted by molar-refractivity contribution is 0.102. The Kier molecular flexibility index (Phi) is 4.78. The summed E-state index contributed by atoms with van der Waals surface area (Å²) in [4.78, 5) is 29.5. The number of aromatic nitrogens is 2. The molecule has 0 radical (unpaired) electrons. The summed E-state index contributed by atoms with van der Waals surface area (Å²) in [5.74, 6) is -0.174. The predicted octanol–water partition coefficient (Wildman–Crippen LogP) is 3.79. The summed E-state index contributed by atoms with van der Waals surface area (Å²) >= 11 is 0. The third kappa shape index (κ3) is 3.58. The molecule has 0 bridgehead atoms. The number of hydrogen-bond acceptors (Lipinski definition) is 4.